The Morgan fingerprint density at radius 2 is 2.19 bits per heavy atom. The van der Waals surface area contributed by atoms with E-state index >= 15 is 0 Å². The van der Waals surface area contributed by atoms with Crippen molar-refractivity contribution in [2.75, 3.05) is 13.1 Å². The van der Waals surface area contributed by atoms with Gasteiger partial charge in [-0.2, -0.15) is 5.10 Å². The summed E-state index contributed by atoms with van der Waals surface area (Å²) in [6.07, 6.45) is 6.88. The minimum Gasteiger partial charge on any atom is -0.315 e. The van der Waals surface area contributed by atoms with Crippen LogP contribution in [0.5, 0.6) is 0 Å². The third-order valence-electron chi connectivity index (χ3n) is 5.02. The largest absolute Gasteiger partial charge is 0.315 e. The fourth-order valence-electron chi connectivity index (χ4n) is 3.57. The molecule has 2 aromatic rings. The van der Waals surface area contributed by atoms with E-state index < -0.39 is 0 Å². The summed E-state index contributed by atoms with van der Waals surface area (Å²) in [4.78, 5) is 4.68. The fraction of sp³-hybridized carbons (Fsp3) is 0.476. The smallest absolute Gasteiger partial charge is 0.160 e. The molecule has 2 heterocycles. The van der Waals surface area contributed by atoms with Gasteiger partial charge < -0.3 is 10.7 Å². The summed E-state index contributed by atoms with van der Waals surface area (Å²) in [6, 6.07) is 8.60. The highest BCUT2D eigenvalue weighted by Gasteiger charge is 2.26. The molecule has 1 fully saturated rings. The van der Waals surface area contributed by atoms with E-state index in [1.807, 2.05) is 13.1 Å². The third-order valence-corrected chi connectivity index (χ3v) is 5.40. The Morgan fingerprint density at radius 3 is 2.81 bits per heavy atom. The van der Waals surface area contributed by atoms with Crippen LogP contribution in [-0.2, 0) is 0 Å². The van der Waals surface area contributed by atoms with E-state index in [4.69, 9.17) is 10.5 Å². The van der Waals surface area contributed by atoms with Crippen LogP contribution in [0, 0.1) is 5.41 Å². The van der Waals surface area contributed by atoms with Crippen LogP contribution in [0.15, 0.2) is 29.3 Å². The van der Waals surface area contributed by atoms with Crippen molar-refractivity contribution in [1.82, 2.24) is 15.1 Å². The second-order valence-corrected chi connectivity index (χ2v) is 7.75. The highest BCUT2D eigenvalue weighted by Crippen LogP contribution is 2.35. The zero-order valence-electron chi connectivity index (χ0n) is 16.3. The molecule has 0 amide bonds. The zero-order valence-corrected chi connectivity index (χ0v) is 17.5. The second kappa shape index (κ2) is 9.38. The molecule has 2 N–H and O–H groups in total. The minimum absolute atomic E-state index is 0.282. The van der Waals surface area contributed by atoms with Crippen LogP contribution < -0.4 is 10.6 Å². The lowest BCUT2D eigenvalue weighted by atomic mass is 10.00. The van der Waals surface area contributed by atoms with Crippen LogP contribution in [0.25, 0.3) is 11.3 Å². The van der Waals surface area contributed by atoms with E-state index in [1.165, 1.54) is 0 Å². The molecule has 6 heteroatoms. The number of hydrogen-bond donors (Lipinski definition) is 2. The van der Waals surface area contributed by atoms with E-state index in [-0.39, 0.29) is 6.04 Å². The first-order valence-corrected chi connectivity index (χ1v) is 10.5. The molecular formula is C21H30N5P. The van der Waals surface area contributed by atoms with Crippen LogP contribution in [0.2, 0.25) is 0 Å². The number of piperidine rings is 1. The van der Waals surface area contributed by atoms with Gasteiger partial charge in [-0.1, -0.05) is 37.6 Å². The highest BCUT2D eigenvalue weighted by atomic mass is 31.0. The van der Waals surface area contributed by atoms with Crippen LogP contribution in [-0.4, -0.2) is 34.8 Å². The van der Waals surface area contributed by atoms with E-state index in [0.29, 0.717) is 5.71 Å². The predicted molar refractivity (Wildman–Crippen MR) is 118 cm³/mol. The molecule has 27 heavy (non-hydrogen) atoms. The molecule has 144 valence electrons. The SMILES string of the molecule is CC=Nc1c(C(=N)CCCC)c(-c2ccc(P)cc2)nn1C1CCCNC1. The lowest BCUT2D eigenvalue weighted by Crippen LogP contribution is -2.32. The molecule has 2 unspecified atom stereocenters. The molecule has 0 radical (unpaired) electrons. The van der Waals surface area contributed by atoms with Gasteiger partial charge in [0.15, 0.2) is 5.82 Å². The van der Waals surface area contributed by atoms with E-state index in [0.717, 1.165) is 73.1 Å². The molecule has 1 aromatic heterocycles. The first kappa shape index (κ1) is 19.9. The number of nitrogens with one attached hydrogen (secondary N) is 2. The molecule has 0 aliphatic carbocycles. The maximum Gasteiger partial charge on any atom is 0.160 e. The van der Waals surface area contributed by atoms with Gasteiger partial charge in [0, 0.05) is 24.0 Å². The maximum absolute atomic E-state index is 8.77. The lowest BCUT2D eigenvalue weighted by Gasteiger charge is -2.24. The van der Waals surface area contributed by atoms with Crippen molar-refractivity contribution in [3.63, 3.8) is 0 Å². The third kappa shape index (κ3) is 4.53. The summed E-state index contributed by atoms with van der Waals surface area (Å²) >= 11 is 0. The summed E-state index contributed by atoms with van der Waals surface area (Å²) in [5, 5.41) is 18.4. The van der Waals surface area contributed by atoms with Crippen LogP contribution in [0.4, 0.5) is 5.82 Å². The molecule has 1 saturated heterocycles. The molecule has 1 aliphatic rings. The molecule has 0 bridgehead atoms. The van der Waals surface area contributed by atoms with E-state index in [1.54, 1.807) is 0 Å². The Hall–Kier alpha value is -1.84. The predicted octanol–water partition coefficient (Wildman–Crippen LogP) is 4.26. The quantitative estimate of drug-likeness (QED) is 0.554. The lowest BCUT2D eigenvalue weighted by molar-refractivity contribution is 0.350. The van der Waals surface area contributed by atoms with Gasteiger partial charge in [0.1, 0.15) is 5.69 Å². The van der Waals surface area contributed by atoms with Gasteiger partial charge in [0.25, 0.3) is 0 Å². The van der Waals surface area contributed by atoms with Crippen LogP contribution in [0.3, 0.4) is 0 Å². The standard InChI is InChI=1S/C21H30N5P/c1-3-5-8-18(22)19-20(15-9-11-17(27)12-10-15)25-26(21(19)24-4-2)16-7-6-13-23-14-16/h4,9-12,16,22-23H,3,5-8,13-14,27H2,1-2H3. The Kier molecular flexibility index (Phi) is 6.92. The number of aromatic nitrogens is 2. The maximum atomic E-state index is 8.77. The summed E-state index contributed by atoms with van der Waals surface area (Å²) < 4.78 is 2.06. The molecule has 0 spiro atoms. The van der Waals surface area contributed by atoms with Crippen molar-refractivity contribution in [3.8, 4) is 11.3 Å². The van der Waals surface area contributed by atoms with Crippen molar-refractivity contribution < 1.29 is 0 Å². The first-order chi connectivity index (χ1) is 13.2. The molecular weight excluding hydrogens is 353 g/mol. The van der Waals surface area contributed by atoms with Crippen LogP contribution in [0.1, 0.15) is 57.6 Å². The topological polar surface area (TPSA) is 66.1 Å². The molecule has 2 atom stereocenters. The van der Waals surface area contributed by atoms with Crippen molar-refractivity contribution >= 4 is 32.3 Å². The van der Waals surface area contributed by atoms with Gasteiger partial charge in [-0.3, -0.25) is 0 Å². The van der Waals surface area contributed by atoms with Crippen molar-refractivity contribution in [3.05, 3.63) is 29.8 Å². The van der Waals surface area contributed by atoms with Crippen molar-refractivity contribution in [2.24, 2.45) is 4.99 Å². The molecule has 5 nitrogen and oxygen atoms in total. The van der Waals surface area contributed by atoms with Crippen molar-refractivity contribution in [2.45, 2.75) is 52.0 Å². The van der Waals surface area contributed by atoms with Gasteiger partial charge in [-0.25, -0.2) is 9.67 Å². The van der Waals surface area contributed by atoms with Gasteiger partial charge in [-0.15, -0.1) is 9.24 Å². The summed E-state index contributed by atoms with van der Waals surface area (Å²) in [6.45, 7) is 6.05. The summed E-state index contributed by atoms with van der Waals surface area (Å²) in [7, 11) is 2.72. The van der Waals surface area contributed by atoms with E-state index in [9.17, 15) is 0 Å². The average molecular weight is 383 g/mol. The number of rotatable bonds is 7. The molecule has 1 aliphatic heterocycles. The van der Waals surface area contributed by atoms with Gasteiger partial charge in [-0.05, 0) is 44.5 Å². The second-order valence-electron chi connectivity index (χ2n) is 7.08. The fourth-order valence-corrected chi connectivity index (χ4v) is 3.76. The Balaban J connectivity index is 2.14. The summed E-state index contributed by atoms with van der Waals surface area (Å²) in [5.41, 5.74) is 3.46. The van der Waals surface area contributed by atoms with Gasteiger partial charge in [0.05, 0.1) is 11.6 Å². The average Bonchev–Trinajstić information content (AvgIpc) is 3.07. The van der Waals surface area contributed by atoms with Crippen LogP contribution >= 0.6 is 9.24 Å². The number of unbranched alkanes of at least 4 members (excludes halogenated alkanes) is 1. The number of nitrogens with zero attached hydrogens (tertiary/aromatic N) is 3. The zero-order chi connectivity index (χ0) is 19.2. The molecule has 0 saturated carbocycles. The van der Waals surface area contributed by atoms with Crippen molar-refractivity contribution in [1.29, 1.82) is 5.41 Å². The minimum atomic E-state index is 0.282. The number of hydrogen-bond acceptors (Lipinski definition) is 4. The number of benzene rings is 1. The van der Waals surface area contributed by atoms with E-state index in [2.05, 4.69) is 55.4 Å². The van der Waals surface area contributed by atoms with Gasteiger partial charge >= 0.3 is 0 Å². The highest BCUT2D eigenvalue weighted by molar-refractivity contribution is 7.27. The molecule has 1 aromatic carbocycles. The Labute approximate surface area is 164 Å². The normalized spacial score (nSPS) is 17.5. The first-order valence-electron chi connectivity index (χ1n) is 9.91. The monoisotopic (exact) mass is 383 g/mol. The molecule has 3 rings (SSSR count). The Bertz CT molecular complexity index is 801. The summed E-state index contributed by atoms with van der Waals surface area (Å²) in [5.74, 6) is 0.831. The van der Waals surface area contributed by atoms with Gasteiger partial charge in [0.2, 0.25) is 0 Å². The Morgan fingerprint density at radius 1 is 1.41 bits per heavy atom. The number of aliphatic imine (C=N–C) groups is 1.